The molecule has 0 unspecified atom stereocenters. The van der Waals surface area contributed by atoms with Crippen LogP contribution in [0.5, 0.6) is 0 Å². The van der Waals surface area contributed by atoms with Crippen molar-refractivity contribution in [2.75, 3.05) is 19.6 Å². The monoisotopic (exact) mass is 269 g/mol. The Labute approximate surface area is 110 Å². The van der Waals surface area contributed by atoms with Crippen molar-refractivity contribution < 1.29 is 13.6 Å². The highest BCUT2D eigenvalue weighted by Gasteiger charge is 2.38. The van der Waals surface area contributed by atoms with Gasteiger partial charge in [-0.05, 0) is 24.6 Å². The quantitative estimate of drug-likeness (QED) is 0.870. The van der Waals surface area contributed by atoms with Crippen LogP contribution in [0, 0.1) is 5.92 Å². The number of nitrogens with zero attached hydrogens (tertiary/aromatic N) is 2. The summed E-state index contributed by atoms with van der Waals surface area (Å²) in [5.74, 6) is -0.783. The molecule has 2 aliphatic heterocycles. The van der Waals surface area contributed by atoms with Gasteiger partial charge < -0.3 is 14.8 Å². The van der Waals surface area contributed by atoms with E-state index in [2.05, 4.69) is 5.32 Å². The first-order valence-electron chi connectivity index (χ1n) is 6.53. The van der Waals surface area contributed by atoms with E-state index in [0.717, 1.165) is 25.2 Å². The lowest BCUT2D eigenvalue weighted by atomic mass is 10.0. The molecule has 1 saturated heterocycles. The Morgan fingerprint density at radius 3 is 2.84 bits per heavy atom. The topological polar surface area (TPSA) is 37.3 Å². The van der Waals surface area contributed by atoms with Crippen LogP contribution in [0.2, 0.25) is 0 Å². The van der Waals surface area contributed by atoms with Gasteiger partial charge in [-0.15, -0.1) is 0 Å². The van der Waals surface area contributed by atoms with Crippen LogP contribution in [0.15, 0.2) is 6.07 Å². The zero-order chi connectivity index (χ0) is 13.6. The lowest BCUT2D eigenvalue weighted by Gasteiger charge is -2.38. The van der Waals surface area contributed by atoms with Crippen LogP contribution < -0.4 is 5.32 Å². The van der Waals surface area contributed by atoms with Crippen LogP contribution >= 0.6 is 0 Å². The molecule has 0 aliphatic carbocycles. The molecule has 2 aliphatic rings. The van der Waals surface area contributed by atoms with Crippen molar-refractivity contribution in [1.29, 1.82) is 0 Å². The Morgan fingerprint density at radius 1 is 1.47 bits per heavy atom. The van der Waals surface area contributed by atoms with Gasteiger partial charge in [0, 0.05) is 32.4 Å². The largest absolute Gasteiger partial charge is 0.342 e. The normalized spacial score (nSPS) is 19.5. The van der Waals surface area contributed by atoms with E-state index in [4.69, 9.17) is 0 Å². The van der Waals surface area contributed by atoms with Gasteiger partial charge in [0.15, 0.2) is 0 Å². The molecule has 1 fully saturated rings. The van der Waals surface area contributed by atoms with Crippen molar-refractivity contribution in [3.8, 4) is 0 Å². The maximum atomic E-state index is 12.4. The third-order valence-electron chi connectivity index (χ3n) is 4.08. The van der Waals surface area contributed by atoms with Crippen LogP contribution in [0.4, 0.5) is 8.78 Å². The highest BCUT2D eigenvalue weighted by Crippen LogP contribution is 2.26. The smallest absolute Gasteiger partial charge is 0.270 e. The number of fused-ring (bicyclic) bond motifs is 1. The number of alkyl halides is 2. The van der Waals surface area contributed by atoms with E-state index in [0.29, 0.717) is 5.69 Å². The third-order valence-corrected chi connectivity index (χ3v) is 4.08. The minimum Gasteiger partial charge on any atom is -0.342 e. The fraction of sp³-hybridized carbons (Fsp3) is 0.615. The SMILES string of the molecule is Cn1c(C(=O)N2CC(C(F)F)C2)cc2c1CNCC2. The number of hydrogen-bond acceptors (Lipinski definition) is 2. The lowest BCUT2D eigenvalue weighted by Crippen LogP contribution is -2.53. The number of hydrogen-bond donors (Lipinski definition) is 1. The summed E-state index contributed by atoms with van der Waals surface area (Å²) in [6.07, 6.45) is -1.41. The molecule has 1 amide bonds. The number of halogens is 2. The molecule has 1 N–H and O–H groups in total. The summed E-state index contributed by atoms with van der Waals surface area (Å²) < 4.78 is 26.8. The first-order chi connectivity index (χ1) is 9.08. The Hall–Kier alpha value is -1.43. The number of carbonyl (C=O) groups excluding carboxylic acids is 1. The standard InChI is InChI=1S/C13H17F2N3O/c1-17-10(4-8-2-3-16-5-11(8)17)13(19)18-6-9(7-18)12(14)15/h4,9,12,16H,2-3,5-7H2,1H3. The molecule has 6 heteroatoms. The van der Waals surface area contributed by atoms with Crippen molar-refractivity contribution in [2.24, 2.45) is 13.0 Å². The van der Waals surface area contributed by atoms with E-state index >= 15 is 0 Å². The van der Waals surface area contributed by atoms with Crippen molar-refractivity contribution in [2.45, 2.75) is 19.4 Å². The number of likely N-dealkylation sites (tertiary alicyclic amines) is 1. The van der Waals surface area contributed by atoms with Crippen molar-refractivity contribution in [3.63, 3.8) is 0 Å². The van der Waals surface area contributed by atoms with Gasteiger partial charge in [-0.3, -0.25) is 4.79 Å². The average molecular weight is 269 g/mol. The van der Waals surface area contributed by atoms with Crippen LogP contribution in [-0.2, 0) is 20.0 Å². The van der Waals surface area contributed by atoms with Gasteiger partial charge in [0.1, 0.15) is 5.69 Å². The van der Waals surface area contributed by atoms with Gasteiger partial charge in [0.2, 0.25) is 6.43 Å². The number of carbonyl (C=O) groups is 1. The summed E-state index contributed by atoms with van der Waals surface area (Å²) in [6, 6.07) is 1.91. The molecule has 19 heavy (non-hydrogen) atoms. The highest BCUT2D eigenvalue weighted by atomic mass is 19.3. The third kappa shape index (κ3) is 2.04. The molecule has 0 radical (unpaired) electrons. The van der Waals surface area contributed by atoms with Crippen molar-refractivity contribution in [3.05, 3.63) is 23.0 Å². The summed E-state index contributed by atoms with van der Waals surface area (Å²) >= 11 is 0. The van der Waals surface area contributed by atoms with E-state index in [1.54, 1.807) is 0 Å². The molecule has 1 aromatic rings. The molecule has 3 rings (SSSR count). The van der Waals surface area contributed by atoms with Gasteiger partial charge in [-0.25, -0.2) is 8.78 Å². The zero-order valence-corrected chi connectivity index (χ0v) is 10.8. The molecular formula is C13H17F2N3O. The molecular weight excluding hydrogens is 252 g/mol. The zero-order valence-electron chi connectivity index (χ0n) is 10.8. The molecule has 0 spiro atoms. The van der Waals surface area contributed by atoms with Gasteiger partial charge in [-0.2, -0.15) is 0 Å². The van der Waals surface area contributed by atoms with E-state index in [1.165, 1.54) is 10.5 Å². The van der Waals surface area contributed by atoms with Crippen molar-refractivity contribution in [1.82, 2.24) is 14.8 Å². The van der Waals surface area contributed by atoms with Crippen LogP contribution in [0.1, 0.15) is 21.7 Å². The Kier molecular flexibility index (Phi) is 3.05. The molecule has 104 valence electrons. The Morgan fingerprint density at radius 2 is 2.21 bits per heavy atom. The highest BCUT2D eigenvalue weighted by molar-refractivity contribution is 5.93. The summed E-state index contributed by atoms with van der Waals surface area (Å²) in [6.45, 7) is 2.02. The lowest BCUT2D eigenvalue weighted by molar-refractivity contribution is -0.0156. The second kappa shape index (κ2) is 4.59. The average Bonchev–Trinajstić information content (AvgIpc) is 2.65. The first-order valence-corrected chi connectivity index (χ1v) is 6.53. The minimum atomic E-state index is -2.32. The number of amides is 1. The van der Waals surface area contributed by atoms with Crippen LogP contribution in [0.25, 0.3) is 0 Å². The molecule has 0 aromatic carbocycles. The van der Waals surface area contributed by atoms with E-state index < -0.39 is 12.3 Å². The minimum absolute atomic E-state index is 0.131. The molecule has 0 bridgehead atoms. The Balaban J connectivity index is 1.76. The fourth-order valence-corrected chi connectivity index (χ4v) is 2.79. The predicted octanol–water partition coefficient (Wildman–Crippen LogP) is 1.01. The van der Waals surface area contributed by atoms with Gasteiger partial charge in [-0.1, -0.05) is 0 Å². The van der Waals surface area contributed by atoms with E-state index in [-0.39, 0.29) is 19.0 Å². The summed E-state index contributed by atoms with van der Waals surface area (Å²) in [5.41, 5.74) is 2.93. The van der Waals surface area contributed by atoms with Gasteiger partial charge in [0.25, 0.3) is 5.91 Å². The fourth-order valence-electron chi connectivity index (χ4n) is 2.79. The maximum absolute atomic E-state index is 12.4. The summed E-state index contributed by atoms with van der Waals surface area (Å²) in [7, 11) is 1.86. The van der Waals surface area contributed by atoms with E-state index in [9.17, 15) is 13.6 Å². The Bertz CT molecular complexity index is 506. The van der Waals surface area contributed by atoms with Gasteiger partial charge in [0.05, 0.1) is 5.92 Å². The van der Waals surface area contributed by atoms with Crippen LogP contribution in [-0.4, -0.2) is 41.4 Å². The number of rotatable bonds is 2. The molecule has 4 nitrogen and oxygen atoms in total. The second-order valence-electron chi connectivity index (χ2n) is 5.29. The molecule has 0 atom stereocenters. The number of aromatic nitrogens is 1. The number of nitrogens with one attached hydrogen (secondary N) is 1. The maximum Gasteiger partial charge on any atom is 0.270 e. The van der Waals surface area contributed by atoms with Gasteiger partial charge >= 0.3 is 0 Å². The van der Waals surface area contributed by atoms with E-state index in [1.807, 2.05) is 17.7 Å². The molecule has 0 saturated carbocycles. The van der Waals surface area contributed by atoms with Crippen LogP contribution in [0.3, 0.4) is 0 Å². The second-order valence-corrected chi connectivity index (χ2v) is 5.29. The van der Waals surface area contributed by atoms with Crippen molar-refractivity contribution >= 4 is 5.91 Å². The first kappa shape index (κ1) is 12.6. The summed E-state index contributed by atoms with van der Waals surface area (Å²) in [4.78, 5) is 13.8. The molecule has 1 aromatic heterocycles. The molecule has 3 heterocycles. The predicted molar refractivity (Wildman–Crippen MR) is 66.2 cm³/mol. The summed E-state index contributed by atoms with van der Waals surface area (Å²) in [5, 5.41) is 3.27.